The molecule has 0 aliphatic rings. The van der Waals surface area contributed by atoms with Crippen LogP contribution in [0, 0.1) is 5.82 Å². The summed E-state index contributed by atoms with van der Waals surface area (Å²) in [6, 6.07) is 13.5. The predicted octanol–water partition coefficient (Wildman–Crippen LogP) is 4.29. The largest absolute Gasteiger partial charge is 0.374 e. The van der Waals surface area contributed by atoms with Gasteiger partial charge in [0.2, 0.25) is 0 Å². The van der Waals surface area contributed by atoms with E-state index in [-0.39, 0.29) is 11.7 Å². The zero-order chi connectivity index (χ0) is 18.2. The van der Waals surface area contributed by atoms with E-state index in [2.05, 4.69) is 41.8 Å². The number of carbonyl (C=O) groups excluding carboxylic acids is 1. The molecular formula is C20H24FN3O. The molecule has 0 saturated heterocycles. The van der Waals surface area contributed by atoms with Gasteiger partial charge in [0.05, 0.1) is 6.21 Å². The SMILES string of the molecule is CCC(Nc1ccc(F)cc1)C(=O)NN=Cc1ccc(C(C)C)cc1. The maximum atomic E-state index is 12.9. The lowest BCUT2D eigenvalue weighted by Crippen LogP contribution is -2.36. The number of anilines is 1. The zero-order valence-corrected chi connectivity index (χ0v) is 14.8. The molecule has 2 N–H and O–H groups in total. The molecule has 0 radical (unpaired) electrons. The highest BCUT2D eigenvalue weighted by Crippen LogP contribution is 2.14. The molecule has 0 aromatic heterocycles. The Labute approximate surface area is 148 Å². The van der Waals surface area contributed by atoms with Crippen LogP contribution in [0.15, 0.2) is 53.6 Å². The fourth-order valence-corrected chi connectivity index (χ4v) is 2.32. The van der Waals surface area contributed by atoms with E-state index in [4.69, 9.17) is 0 Å². The third-order valence-corrected chi connectivity index (χ3v) is 3.90. The van der Waals surface area contributed by atoms with Crippen LogP contribution in [0.2, 0.25) is 0 Å². The molecule has 1 unspecified atom stereocenters. The van der Waals surface area contributed by atoms with Gasteiger partial charge < -0.3 is 5.32 Å². The van der Waals surface area contributed by atoms with E-state index in [0.29, 0.717) is 18.0 Å². The summed E-state index contributed by atoms with van der Waals surface area (Å²) in [5.41, 5.74) is 5.42. The van der Waals surface area contributed by atoms with Crippen LogP contribution in [-0.2, 0) is 4.79 Å². The van der Waals surface area contributed by atoms with Crippen molar-refractivity contribution in [3.05, 3.63) is 65.5 Å². The van der Waals surface area contributed by atoms with Crippen molar-refractivity contribution in [2.45, 2.75) is 39.2 Å². The Balaban J connectivity index is 1.91. The molecule has 0 aliphatic heterocycles. The Kier molecular flexibility index (Phi) is 6.69. The van der Waals surface area contributed by atoms with Crippen LogP contribution in [0.3, 0.4) is 0 Å². The molecule has 2 aromatic rings. The van der Waals surface area contributed by atoms with E-state index < -0.39 is 6.04 Å². The van der Waals surface area contributed by atoms with Gasteiger partial charge >= 0.3 is 0 Å². The minimum Gasteiger partial charge on any atom is -0.374 e. The number of carbonyl (C=O) groups is 1. The normalized spacial score (nSPS) is 12.4. The number of nitrogens with zero attached hydrogens (tertiary/aromatic N) is 1. The van der Waals surface area contributed by atoms with Gasteiger partial charge in [-0.25, -0.2) is 9.82 Å². The van der Waals surface area contributed by atoms with Gasteiger partial charge in [0.15, 0.2) is 0 Å². The maximum absolute atomic E-state index is 12.9. The minimum absolute atomic E-state index is 0.234. The van der Waals surface area contributed by atoms with Gasteiger partial charge in [-0.15, -0.1) is 0 Å². The number of amides is 1. The first-order chi connectivity index (χ1) is 12.0. The van der Waals surface area contributed by atoms with E-state index >= 15 is 0 Å². The van der Waals surface area contributed by atoms with E-state index in [9.17, 15) is 9.18 Å². The first kappa shape index (κ1) is 18.6. The molecule has 1 atom stereocenters. The average molecular weight is 341 g/mol. The molecule has 0 fully saturated rings. The zero-order valence-electron chi connectivity index (χ0n) is 14.8. The van der Waals surface area contributed by atoms with Gasteiger partial charge in [-0.3, -0.25) is 4.79 Å². The van der Waals surface area contributed by atoms with Gasteiger partial charge in [0, 0.05) is 5.69 Å². The fraction of sp³-hybridized carbons (Fsp3) is 0.300. The fourth-order valence-electron chi connectivity index (χ4n) is 2.32. The topological polar surface area (TPSA) is 53.5 Å². The highest BCUT2D eigenvalue weighted by Gasteiger charge is 2.15. The Morgan fingerprint density at radius 2 is 1.76 bits per heavy atom. The van der Waals surface area contributed by atoms with Crippen molar-refractivity contribution >= 4 is 17.8 Å². The maximum Gasteiger partial charge on any atom is 0.262 e. The van der Waals surface area contributed by atoms with Crippen molar-refractivity contribution in [1.82, 2.24) is 5.43 Å². The summed E-state index contributed by atoms with van der Waals surface area (Å²) in [4.78, 5) is 12.2. The highest BCUT2D eigenvalue weighted by atomic mass is 19.1. The molecule has 2 aromatic carbocycles. The molecule has 2 rings (SSSR count). The summed E-state index contributed by atoms with van der Waals surface area (Å²) in [5, 5.41) is 7.09. The molecule has 0 spiro atoms. The number of hydrogen-bond donors (Lipinski definition) is 2. The first-order valence-electron chi connectivity index (χ1n) is 8.44. The third-order valence-electron chi connectivity index (χ3n) is 3.90. The second-order valence-corrected chi connectivity index (χ2v) is 6.17. The highest BCUT2D eigenvalue weighted by molar-refractivity contribution is 5.86. The minimum atomic E-state index is -0.439. The standard InChI is InChI=1S/C20H24FN3O/c1-4-19(23-18-11-9-17(21)10-12-18)20(25)24-22-13-15-5-7-16(8-6-15)14(2)3/h5-14,19,23H,4H2,1-3H3,(H,24,25). The number of benzene rings is 2. The molecule has 132 valence electrons. The second-order valence-electron chi connectivity index (χ2n) is 6.17. The molecule has 0 bridgehead atoms. The van der Waals surface area contributed by atoms with Crippen LogP contribution >= 0.6 is 0 Å². The number of hydrogen-bond acceptors (Lipinski definition) is 3. The Hall–Kier alpha value is -2.69. The van der Waals surface area contributed by atoms with Crippen molar-refractivity contribution in [2.75, 3.05) is 5.32 Å². The number of hydrazone groups is 1. The van der Waals surface area contributed by atoms with E-state index in [1.165, 1.54) is 17.7 Å². The monoisotopic (exact) mass is 341 g/mol. The number of rotatable bonds is 7. The van der Waals surface area contributed by atoms with Gasteiger partial charge in [-0.2, -0.15) is 5.10 Å². The average Bonchev–Trinajstić information content (AvgIpc) is 2.61. The van der Waals surface area contributed by atoms with Crippen molar-refractivity contribution in [1.29, 1.82) is 0 Å². The van der Waals surface area contributed by atoms with Crippen LogP contribution in [0.5, 0.6) is 0 Å². The van der Waals surface area contributed by atoms with Crippen LogP contribution in [0.25, 0.3) is 0 Å². The van der Waals surface area contributed by atoms with Gasteiger partial charge in [-0.05, 0) is 47.7 Å². The number of halogens is 1. The molecule has 4 nitrogen and oxygen atoms in total. The smallest absolute Gasteiger partial charge is 0.262 e. The quantitative estimate of drug-likeness (QED) is 0.583. The summed E-state index contributed by atoms with van der Waals surface area (Å²) in [6.45, 7) is 6.18. The van der Waals surface area contributed by atoms with Crippen molar-refractivity contribution < 1.29 is 9.18 Å². The summed E-state index contributed by atoms with van der Waals surface area (Å²) in [7, 11) is 0. The van der Waals surface area contributed by atoms with Crippen molar-refractivity contribution in [3.8, 4) is 0 Å². The Morgan fingerprint density at radius 1 is 1.12 bits per heavy atom. The first-order valence-corrected chi connectivity index (χ1v) is 8.44. The van der Waals surface area contributed by atoms with Crippen LogP contribution in [0.1, 0.15) is 44.2 Å². The third kappa shape index (κ3) is 5.71. The Morgan fingerprint density at radius 3 is 2.32 bits per heavy atom. The van der Waals surface area contributed by atoms with Gasteiger partial charge in [-0.1, -0.05) is 45.0 Å². The lowest BCUT2D eigenvalue weighted by atomic mass is 10.0. The van der Waals surface area contributed by atoms with Crippen LogP contribution in [-0.4, -0.2) is 18.2 Å². The van der Waals surface area contributed by atoms with E-state index in [0.717, 1.165) is 5.56 Å². The van der Waals surface area contributed by atoms with Crippen LogP contribution < -0.4 is 10.7 Å². The molecule has 0 saturated carbocycles. The lowest BCUT2D eigenvalue weighted by molar-refractivity contribution is -0.121. The summed E-state index contributed by atoms with van der Waals surface area (Å²) in [5.74, 6) is -0.0634. The van der Waals surface area contributed by atoms with Crippen molar-refractivity contribution in [2.24, 2.45) is 5.10 Å². The number of nitrogens with one attached hydrogen (secondary N) is 2. The molecular weight excluding hydrogens is 317 g/mol. The van der Waals surface area contributed by atoms with Crippen molar-refractivity contribution in [3.63, 3.8) is 0 Å². The molecule has 5 heteroatoms. The summed E-state index contributed by atoms with van der Waals surface area (Å²) in [6.07, 6.45) is 2.20. The van der Waals surface area contributed by atoms with Crippen LogP contribution in [0.4, 0.5) is 10.1 Å². The molecule has 1 amide bonds. The second kappa shape index (κ2) is 8.97. The Bertz CT molecular complexity index is 709. The van der Waals surface area contributed by atoms with E-state index in [1.807, 2.05) is 19.1 Å². The lowest BCUT2D eigenvalue weighted by Gasteiger charge is -2.16. The van der Waals surface area contributed by atoms with Gasteiger partial charge in [0.1, 0.15) is 11.9 Å². The predicted molar refractivity (Wildman–Crippen MR) is 100 cm³/mol. The van der Waals surface area contributed by atoms with E-state index in [1.54, 1.807) is 18.3 Å². The van der Waals surface area contributed by atoms with Gasteiger partial charge in [0.25, 0.3) is 5.91 Å². The summed E-state index contributed by atoms with van der Waals surface area (Å²) < 4.78 is 12.9. The summed E-state index contributed by atoms with van der Waals surface area (Å²) >= 11 is 0. The molecule has 25 heavy (non-hydrogen) atoms. The molecule has 0 aliphatic carbocycles. The molecule has 0 heterocycles.